The van der Waals surface area contributed by atoms with Crippen molar-refractivity contribution in [3.63, 3.8) is 0 Å². The van der Waals surface area contributed by atoms with Crippen LogP contribution in [0.4, 0.5) is 0 Å². The van der Waals surface area contributed by atoms with Gasteiger partial charge in [-0.05, 0) is 17.7 Å². The van der Waals surface area contributed by atoms with Crippen LogP contribution in [0.15, 0.2) is 21.7 Å². The molecule has 0 spiro atoms. The number of nitrogens with one attached hydrogen (secondary N) is 3. The summed E-state index contributed by atoms with van der Waals surface area (Å²) in [6.45, 7) is 0.0736. The molecule has 0 atom stereocenters. The van der Waals surface area contributed by atoms with Gasteiger partial charge in [0, 0.05) is 11.6 Å². The third-order valence-corrected chi connectivity index (χ3v) is 3.36. The van der Waals surface area contributed by atoms with Crippen LogP contribution in [0.25, 0.3) is 11.0 Å². The van der Waals surface area contributed by atoms with Crippen LogP contribution in [0.1, 0.15) is 5.56 Å². The van der Waals surface area contributed by atoms with E-state index >= 15 is 0 Å². The monoisotopic (exact) mass is 319 g/mol. The van der Waals surface area contributed by atoms with Crippen LogP contribution >= 0.6 is 19.2 Å². The van der Waals surface area contributed by atoms with E-state index in [1.807, 2.05) is 0 Å². The molecule has 108 valence electrons. The van der Waals surface area contributed by atoms with Crippen molar-refractivity contribution >= 4 is 30.2 Å². The van der Waals surface area contributed by atoms with Crippen molar-refractivity contribution < 1.29 is 14.4 Å². The maximum absolute atomic E-state index is 11.3. The fraction of sp³-hybridized carbons (Fsp3) is 0.200. The van der Waals surface area contributed by atoms with Crippen molar-refractivity contribution in [2.45, 2.75) is 6.54 Å². The topological polar surface area (TPSA) is 135 Å². The summed E-state index contributed by atoms with van der Waals surface area (Å²) in [5.74, 6) is 0. The molecule has 10 heteroatoms. The Labute approximate surface area is 117 Å². The Morgan fingerprint density at radius 2 is 1.85 bits per heavy atom. The van der Waals surface area contributed by atoms with Crippen LogP contribution in [-0.2, 0) is 11.1 Å². The normalized spacial score (nSPS) is 11.9. The fourth-order valence-corrected chi connectivity index (χ4v) is 2.38. The SMILES string of the molecule is O=c1[nH]c2cc(Cl)cc(CNCP(=O)(O)O)c2[nH]c1=O. The predicted octanol–water partition coefficient (Wildman–Crippen LogP) is 0.0946. The first kappa shape index (κ1) is 15.0. The van der Waals surface area contributed by atoms with Gasteiger partial charge in [-0.15, -0.1) is 0 Å². The predicted molar refractivity (Wildman–Crippen MR) is 74.0 cm³/mol. The highest BCUT2D eigenvalue weighted by Gasteiger charge is 2.13. The second-order valence-corrected chi connectivity index (χ2v) is 6.23. The summed E-state index contributed by atoms with van der Waals surface area (Å²) in [5.41, 5.74) is -0.397. The minimum absolute atomic E-state index is 0.0736. The van der Waals surface area contributed by atoms with Gasteiger partial charge < -0.3 is 25.1 Å². The van der Waals surface area contributed by atoms with Crippen molar-refractivity contribution in [1.29, 1.82) is 0 Å². The molecule has 2 rings (SSSR count). The third-order valence-electron chi connectivity index (χ3n) is 2.51. The van der Waals surface area contributed by atoms with E-state index in [0.717, 1.165) is 0 Å². The molecule has 0 aliphatic heterocycles. The Morgan fingerprint density at radius 3 is 2.50 bits per heavy atom. The lowest BCUT2D eigenvalue weighted by Crippen LogP contribution is -2.29. The minimum Gasteiger partial charge on any atom is -0.324 e. The number of hydrogen-bond donors (Lipinski definition) is 5. The second kappa shape index (κ2) is 5.51. The van der Waals surface area contributed by atoms with E-state index in [-0.39, 0.29) is 6.54 Å². The summed E-state index contributed by atoms with van der Waals surface area (Å²) in [6, 6.07) is 3.01. The highest BCUT2D eigenvalue weighted by Crippen LogP contribution is 2.32. The van der Waals surface area contributed by atoms with Crippen LogP contribution < -0.4 is 16.4 Å². The molecule has 2 aromatic rings. The van der Waals surface area contributed by atoms with Gasteiger partial charge in [-0.1, -0.05) is 11.6 Å². The first-order valence-corrected chi connectivity index (χ1v) is 7.64. The van der Waals surface area contributed by atoms with Gasteiger partial charge in [0.2, 0.25) is 0 Å². The molecule has 20 heavy (non-hydrogen) atoms. The molecule has 0 radical (unpaired) electrons. The van der Waals surface area contributed by atoms with E-state index < -0.39 is 25.0 Å². The highest BCUT2D eigenvalue weighted by atomic mass is 35.5. The van der Waals surface area contributed by atoms with Crippen LogP contribution in [-0.4, -0.2) is 26.0 Å². The number of benzene rings is 1. The number of fused-ring (bicyclic) bond motifs is 1. The third kappa shape index (κ3) is 3.56. The molecular weight excluding hydrogens is 309 g/mol. The van der Waals surface area contributed by atoms with Crippen molar-refractivity contribution in [1.82, 2.24) is 15.3 Å². The number of aromatic nitrogens is 2. The minimum atomic E-state index is -4.17. The standard InChI is InChI=1S/C10H11ClN3O5P/c11-6-1-5(3-12-4-20(17,18)19)8-7(2-6)13-9(15)10(16)14-8/h1-2,12H,3-4H2,(H,13,15)(H,14,16)(H2,17,18,19). The average Bonchev–Trinajstić information content (AvgIpc) is 2.30. The maximum atomic E-state index is 11.3. The molecule has 1 aromatic heterocycles. The number of H-pyrrole nitrogens is 2. The lowest BCUT2D eigenvalue weighted by molar-refractivity contribution is 0.368. The fourth-order valence-electron chi connectivity index (χ4n) is 1.73. The molecule has 0 aliphatic carbocycles. The van der Waals surface area contributed by atoms with Gasteiger partial charge in [-0.3, -0.25) is 14.2 Å². The molecule has 8 nitrogen and oxygen atoms in total. The van der Waals surface area contributed by atoms with Gasteiger partial charge in [0.05, 0.1) is 17.3 Å². The Hall–Kier alpha value is -1.44. The molecule has 5 N–H and O–H groups in total. The molecule has 0 saturated heterocycles. The summed E-state index contributed by atoms with van der Waals surface area (Å²) >= 11 is 5.89. The van der Waals surface area contributed by atoms with E-state index in [1.165, 1.54) is 12.1 Å². The summed E-state index contributed by atoms with van der Waals surface area (Å²) < 4.78 is 10.8. The Bertz CT molecular complexity index is 809. The van der Waals surface area contributed by atoms with Gasteiger partial charge in [0.1, 0.15) is 0 Å². The Morgan fingerprint density at radius 1 is 1.20 bits per heavy atom. The van der Waals surface area contributed by atoms with Gasteiger partial charge in [-0.25, -0.2) is 0 Å². The highest BCUT2D eigenvalue weighted by molar-refractivity contribution is 7.51. The Balaban J connectivity index is 2.42. The molecule has 0 aliphatic rings. The van der Waals surface area contributed by atoms with E-state index in [4.69, 9.17) is 21.4 Å². The summed E-state index contributed by atoms with van der Waals surface area (Å²) in [4.78, 5) is 44.9. The molecule has 0 bridgehead atoms. The van der Waals surface area contributed by atoms with Gasteiger partial charge in [-0.2, -0.15) is 0 Å². The molecule has 1 heterocycles. The van der Waals surface area contributed by atoms with Crippen LogP contribution in [0.5, 0.6) is 0 Å². The van der Waals surface area contributed by atoms with Gasteiger partial charge >= 0.3 is 18.7 Å². The summed E-state index contributed by atoms with van der Waals surface area (Å²) in [7, 11) is -4.17. The molecule has 0 saturated carbocycles. The van der Waals surface area contributed by atoms with E-state index in [1.54, 1.807) is 0 Å². The first-order valence-electron chi connectivity index (χ1n) is 5.46. The zero-order chi connectivity index (χ0) is 14.9. The smallest absolute Gasteiger partial charge is 0.324 e. The van der Waals surface area contributed by atoms with Crippen molar-refractivity contribution in [2.24, 2.45) is 0 Å². The second-order valence-electron chi connectivity index (χ2n) is 4.15. The lowest BCUT2D eigenvalue weighted by Gasteiger charge is -2.09. The van der Waals surface area contributed by atoms with E-state index in [2.05, 4.69) is 15.3 Å². The summed E-state index contributed by atoms with van der Waals surface area (Å²) in [6.07, 6.45) is -0.505. The number of halogens is 1. The largest absolute Gasteiger partial charge is 0.339 e. The first-order chi connectivity index (χ1) is 9.26. The van der Waals surface area contributed by atoms with Gasteiger partial charge in [0.15, 0.2) is 0 Å². The lowest BCUT2D eigenvalue weighted by atomic mass is 10.1. The molecule has 1 aromatic carbocycles. The summed E-state index contributed by atoms with van der Waals surface area (Å²) in [5, 5.41) is 2.89. The zero-order valence-corrected chi connectivity index (χ0v) is 11.7. The molecule has 0 amide bonds. The van der Waals surface area contributed by atoms with Gasteiger partial charge in [0.25, 0.3) is 0 Å². The average molecular weight is 320 g/mol. The maximum Gasteiger partial charge on any atom is 0.339 e. The number of rotatable bonds is 4. The van der Waals surface area contributed by atoms with E-state index in [9.17, 15) is 14.2 Å². The molecule has 0 unspecified atom stereocenters. The Kier molecular flexibility index (Phi) is 4.12. The molecular formula is C10H11ClN3O5P. The molecule has 0 fully saturated rings. The van der Waals surface area contributed by atoms with Crippen LogP contribution in [0, 0.1) is 0 Å². The van der Waals surface area contributed by atoms with Crippen molar-refractivity contribution in [3.05, 3.63) is 43.4 Å². The van der Waals surface area contributed by atoms with Crippen LogP contribution in [0.3, 0.4) is 0 Å². The van der Waals surface area contributed by atoms with E-state index in [0.29, 0.717) is 21.6 Å². The van der Waals surface area contributed by atoms with Crippen molar-refractivity contribution in [3.8, 4) is 0 Å². The zero-order valence-electron chi connectivity index (χ0n) is 10.0. The van der Waals surface area contributed by atoms with Crippen molar-refractivity contribution in [2.75, 3.05) is 6.29 Å². The number of aromatic amines is 2. The number of hydrogen-bond acceptors (Lipinski definition) is 4. The van der Waals surface area contributed by atoms with Crippen LogP contribution in [0.2, 0.25) is 5.02 Å². The quantitative estimate of drug-likeness (QED) is 0.400.